The Kier molecular flexibility index (Phi) is 5.05. The number of ether oxygens (including phenoxy) is 1. The summed E-state index contributed by atoms with van der Waals surface area (Å²) < 4.78 is 5.08. The molecule has 1 aromatic carbocycles. The zero-order valence-corrected chi connectivity index (χ0v) is 16.5. The summed E-state index contributed by atoms with van der Waals surface area (Å²) in [7, 11) is 1.62. The van der Waals surface area contributed by atoms with Crippen LogP contribution in [-0.2, 0) is 11.3 Å². The molecule has 0 bridgehead atoms. The molecule has 4 rings (SSSR count). The highest BCUT2D eigenvalue weighted by atomic mass is 16.5. The number of carbonyl (C=O) groups excluding carboxylic acids is 1. The molecule has 0 saturated carbocycles. The predicted octanol–water partition coefficient (Wildman–Crippen LogP) is 3.69. The number of pyridine rings is 1. The molecule has 144 valence electrons. The van der Waals surface area contributed by atoms with E-state index in [-0.39, 0.29) is 5.91 Å². The van der Waals surface area contributed by atoms with Crippen molar-refractivity contribution in [2.45, 2.75) is 33.3 Å². The molecule has 1 aliphatic rings. The molecule has 3 aromatic rings. The number of benzene rings is 1. The van der Waals surface area contributed by atoms with Gasteiger partial charge in [-0.15, -0.1) is 0 Å². The molecule has 2 aromatic heterocycles. The Hall–Kier alpha value is -2.86. The van der Waals surface area contributed by atoms with Gasteiger partial charge in [0, 0.05) is 43.5 Å². The van der Waals surface area contributed by atoms with Gasteiger partial charge in [0.1, 0.15) is 6.61 Å². The highest BCUT2D eigenvalue weighted by Gasteiger charge is 2.25. The van der Waals surface area contributed by atoms with Crippen LogP contribution in [0.4, 0.5) is 0 Å². The Morgan fingerprint density at radius 3 is 2.54 bits per heavy atom. The second kappa shape index (κ2) is 7.64. The van der Waals surface area contributed by atoms with E-state index in [1.165, 1.54) is 0 Å². The zero-order valence-electron chi connectivity index (χ0n) is 16.5. The molecule has 0 aliphatic carbocycles. The normalized spacial score (nSPS) is 14.0. The highest BCUT2D eigenvalue weighted by Crippen LogP contribution is 2.31. The van der Waals surface area contributed by atoms with Crippen molar-refractivity contribution in [1.82, 2.24) is 19.9 Å². The molecule has 6 nitrogen and oxygen atoms in total. The van der Waals surface area contributed by atoms with Gasteiger partial charge in [-0.3, -0.25) is 4.79 Å². The number of fused-ring (bicyclic) bond motifs is 1. The summed E-state index contributed by atoms with van der Waals surface area (Å²) in [6, 6.07) is 6.06. The number of hydrogen-bond acceptors (Lipinski definition) is 5. The third-order valence-electron chi connectivity index (χ3n) is 5.24. The van der Waals surface area contributed by atoms with Crippen LogP contribution in [-0.4, -0.2) is 46.0 Å². The maximum atomic E-state index is 13.4. The fraction of sp³-hybridized carbons (Fsp3) is 0.364. The zero-order chi connectivity index (χ0) is 19.7. The summed E-state index contributed by atoms with van der Waals surface area (Å²) in [5, 5.41) is 0.912. The van der Waals surface area contributed by atoms with Gasteiger partial charge < -0.3 is 9.64 Å². The number of rotatable bonds is 4. The van der Waals surface area contributed by atoms with Gasteiger partial charge in [0.05, 0.1) is 16.8 Å². The number of hydrogen-bond donors (Lipinski definition) is 0. The topological polar surface area (TPSA) is 68.2 Å². The third kappa shape index (κ3) is 3.36. The van der Waals surface area contributed by atoms with Gasteiger partial charge in [-0.1, -0.05) is 11.6 Å². The Morgan fingerprint density at radius 1 is 1.14 bits per heavy atom. The number of aryl methyl sites for hydroxylation is 1. The van der Waals surface area contributed by atoms with E-state index in [1.807, 2.05) is 30.9 Å². The first-order chi connectivity index (χ1) is 13.6. The van der Waals surface area contributed by atoms with Gasteiger partial charge in [-0.25, -0.2) is 15.0 Å². The molecule has 1 aliphatic heterocycles. The van der Waals surface area contributed by atoms with Crippen molar-refractivity contribution in [3.05, 3.63) is 53.1 Å². The van der Waals surface area contributed by atoms with E-state index in [0.29, 0.717) is 12.4 Å². The second-order valence-electron chi connectivity index (χ2n) is 7.30. The minimum absolute atomic E-state index is 0.0890. The minimum atomic E-state index is 0.0890. The van der Waals surface area contributed by atoms with Gasteiger partial charge in [-0.2, -0.15) is 0 Å². The molecular weight excluding hydrogens is 352 g/mol. The first-order valence-corrected chi connectivity index (χ1v) is 9.59. The van der Waals surface area contributed by atoms with E-state index in [1.54, 1.807) is 19.5 Å². The predicted molar refractivity (Wildman–Crippen MR) is 108 cm³/mol. The van der Waals surface area contributed by atoms with Crippen LogP contribution in [0.25, 0.3) is 22.2 Å². The molecule has 0 radical (unpaired) electrons. The van der Waals surface area contributed by atoms with E-state index >= 15 is 0 Å². The summed E-state index contributed by atoms with van der Waals surface area (Å²) in [4.78, 5) is 28.9. The lowest BCUT2D eigenvalue weighted by Gasteiger charge is -2.20. The molecular formula is C22H24N4O2. The fourth-order valence-corrected chi connectivity index (χ4v) is 3.79. The largest absolute Gasteiger partial charge is 0.377 e. The smallest absolute Gasteiger partial charge is 0.254 e. The van der Waals surface area contributed by atoms with E-state index in [9.17, 15) is 4.79 Å². The number of amides is 1. The van der Waals surface area contributed by atoms with Crippen LogP contribution in [0.3, 0.4) is 0 Å². The molecule has 0 atom stereocenters. The standard InChI is InChI=1S/C22H24N4O2/c1-14-6-7-18-17(10-14)20(22(27)26-8-4-5-9-26)15(2)21(25-18)16-11-23-19(13-28-3)24-12-16/h6-7,10-12H,4-5,8-9,13H2,1-3H3. The number of methoxy groups -OCH3 is 1. The highest BCUT2D eigenvalue weighted by molar-refractivity contribution is 6.09. The average molecular weight is 376 g/mol. The second-order valence-corrected chi connectivity index (χ2v) is 7.30. The number of nitrogens with zero attached hydrogens (tertiary/aromatic N) is 4. The first kappa shape index (κ1) is 18.5. The summed E-state index contributed by atoms with van der Waals surface area (Å²) in [6.07, 6.45) is 5.63. The van der Waals surface area contributed by atoms with Crippen LogP contribution in [0.2, 0.25) is 0 Å². The van der Waals surface area contributed by atoms with E-state index in [4.69, 9.17) is 9.72 Å². The van der Waals surface area contributed by atoms with Crippen LogP contribution in [0.5, 0.6) is 0 Å². The van der Waals surface area contributed by atoms with E-state index < -0.39 is 0 Å². The minimum Gasteiger partial charge on any atom is -0.377 e. The van der Waals surface area contributed by atoms with Crippen LogP contribution in [0.15, 0.2) is 30.6 Å². The van der Waals surface area contributed by atoms with E-state index in [2.05, 4.69) is 16.0 Å². The number of likely N-dealkylation sites (tertiary alicyclic amines) is 1. The maximum Gasteiger partial charge on any atom is 0.254 e. The SMILES string of the molecule is COCc1ncc(-c2nc3ccc(C)cc3c(C(=O)N3CCCC3)c2C)cn1. The van der Waals surface area contributed by atoms with Crippen molar-refractivity contribution in [3.63, 3.8) is 0 Å². The summed E-state index contributed by atoms with van der Waals surface area (Å²) >= 11 is 0. The first-order valence-electron chi connectivity index (χ1n) is 9.59. The number of carbonyl (C=O) groups is 1. The molecule has 28 heavy (non-hydrogen) atoms. The van der Waals surface area contributed by atoms with E-state index in [0.717, 1.165) is 64.8 Å². The fourth-order valence-electron chi connectivity index (χ4n) is 3.79. The van der Waals surface area contributed by atoms with Gasteiger partial charge >= 0.3 is 0 Å². The molecule has 0 unspecified atom stereocenters. The molecule has 0 spiro atoms. The van der Waals surface area contributed by atoms with Crippen molar-refractivity contribution >= 4 is 16.8 Å². The lowest BCUT2D eigenvalue weighted by Crippen LogP contribution is -2.28. The molecule has 1 amide bonds. The Bertz CT molecular complexity index is 1020. The Balaban J connectivity index is 1.89. The van der Waals surface area contributed by atoms with Crippen LogP contribution >= 0.6 is 0 Å². The maximum absolute atomic E-state index is 13.4. The van der Waals surface area contributed by atoms with Gasteiger partial charge in [0.2, 0.25) is 0 Å². The van der Waals surface area contributed by atoms with Crippen LogP contribution in [0, 0.1) is 13.8 Å². The molecule has 1 saturated heterocycles. The van der Waals surface area contributed by atoms with Crippen molar-refractivity contribution in [1.29, 1.82) is 0 Å². The lowest BCUT2D eigenvalue weighted by molar-refractivity contribution is 0.0794. The van der Waals surface area contributed by atoms with Crippen molar-refractivity contribution in [2.24, 2.45) is 0 Å². The Labute approximate surface area is 164 Å². The molecule has 0 N–H and O–H groups in total. The summed E-state index contributed by atoms with van der Waals surface area (Å²) in [5.41, 5.74) is 5.10. The van der Waals surface area contributed by atoms with Crippen molar-refractivity contribution < 1.29 is 9.53 Å². The van der Waals surface area contributed by atoms with Crippen LogP contribution < -0.4 is 0 Å². The molecule has 3 heterocycles. The van der Waals surface area contributed by atoms with Crippen LogP contribution in [0.1, 0.15) is 40.2 Å². The van der Waals surface area contributed by atoms with Crippen molar-refractivity contribution in [3.8, 4) is 11.3 Å². The van der Waals surface area contributed by atoms with Gasteiger partial charge in [0.25, 0.3) is 5.91 Å². The average Bonchev–Trinajstić information content (AvgIpc) is 3.23. The third-order valence-corrected chi connectivity index (χ3v) is 5.24. The summed E-state index contributed by atoms with van der Waals surface area (Å²) in [5.74, 6) is 0.708. The monoisotopic (exact) mass is 376 g/mol. The quantitative estimate of drug-likeness (QED) is 0.695. The Morgan fingerprint density at radius 2 is 1.86 bits per heavy atom. The lowest BCUT2D eigenvalue weighted by atomic mass is 9.97. The van der Waals surface area contributed by atoms with Gasteiger partial charge in [-0.05, 0) is 44.4 Å². The summed E-state index contributed by atoms with van der Waals surface area (Å²) in [6.45, 7) is 6.00. The number of aromatic nitrogens is 3. The molecule has 1 fully saturated rings. The molecule has 6 heteroatoms. The van der Waals surface area contributed by atoms with Gasteiger partial charge in [0.15, 0.2) is 5.82 Å². The van der Waals surface area contributed by atoms with Crippen molar-refractivity contribution in [2.75, 3.05) is 20.2 Å².